The SMILES string of the molecule is CCCNC(c1cccnc1N)C1(N(C)C)CCCC1. The van der Waals surface area contributed by atoms with Gasteiger partial charge < -0.3 is 16.0 Å². The van der Waals surface area contributed by atoms with Crippen LogP contribution in [-0.2, 0) is 0 Å². The topological polar surface area (TPSA) is 54.2 Å². The Labute approximate surface area is 122 Å². The van der Waals surface area contributed by atoms with E-state index < -0.39 is 0 Å². The molecule has 1 unspecified atom stereocenters. The lowest BCUT2D eigenvalue weighted by Crippen LogP contribution is -2.52. The zero-order valence-corrected chi connectivity index (χ0v) is 13.0. The number of nitrogens with one attached hydrogen (secondary N) is 1. The Morgan fingerprint density at radius 3 is 2.65 bits per heavy atom. The summed E-state index contributed by atoms with van der Waals surface area (Å²) in [4.78, 5) is 6.68. The van der Waals surface area contributed by atoms with Gasteiger partial charge in [0.25, 0.3) is 0 Å². The summed E-state index contributed by atoms with van der Waals surface area (Å²) in [6.45, 7) is 3.21. The van der Waals surface area contributed by atoms with E-state index >= 15 is 0 Å². The standard InChI is InChI=1S/C16H28N4/c1-4-11-18-14(13-8-7-12-19-15(13)17)16(20(2)3)9-5-6-10-16/h7-8,12,14,18H,4-6,9-11H2,1-3H3,(H2,17,19). The zero-order chi connectivity index (χ0) is 14.6. The van der Waals surface area contributed by atoms with E-state index in [0.717, 1.165) is 18.5 Å². The second-order valence-electron chi connectivity index (χ2n) is 6.07. The molecular weight excluding hydrogens is 248 g/mol. The van der Waals surface area contributed by atoms with Gasteiger partial charge in [0.1, 0.15) is 5.82 Å². The minimum atomic E-state index is 0.159. The van der Waals surface area contributed by atoms with Gasteiger partial charge in [-0.15, -0.1) is 0 Å². The molecule has 0 aromatic carbocycles. The molecule has 3 N–H and O–H groups in total. The molecule has 4 nitrogen and oxygen atoms in total. The van der Waals surface area contributed by atoms with Crippen LogP contribution in [-0.4, -0.2) is 36.1 Å². The van der Waals surface area contributed by atoms with Crippen molar-refractivity contribution < 1.29 is 0 Å². The third-order valence-electron chi connectivity index (χ3n) is 4.68. The van der Waals surface area contributed by atoms with E-state index in [2.05, 4.69) is 42.3 Å². The van der Waals surface area contributed by atoms with E-state index in [-0.39, 0.29) is 11.6 Å². The highest BCUT2D eigenvalue weighted by molar-refractivity contribution is 5.43. The van der Waals surface area contributed by atoms with Crippen molar-refractivity contribution in [1.82, 2.24) is 15.2 Å². The average molecular weight is 276 g/mol. The van der Waals surface area contributed by atoms with Crippen molar-refractivity contribution in [3.63, 3.8) is 0 Å². The first-order chi connectivity index (χ1) is 9.62. The van der Waals surface area contributed by atoms with Crippen LogP contribution >= 0.6 is 0 Å². The van der Waals surface area contributed by atoms with Crippen molar-refractivity contribution in [2.75, 3.05) is 26.4 Å². The molecule has 0 saturated heterocycles. The molecule has 1 atom stereocenters. The van der Waals surface area contributed by atoms with Gasteiger partial charge in [0.2, 0.25) is 0 Å². The van der Waals surface area contributed by atoms with Crippen molar-refractivity contribution in [2.45, 2.75) is 50.6 Å². The fourth-order valence-electron chi connectivity index (χ4n) is 3.53. The van der Waals surface area contributed by atoms with Crippen LogP contribution in [0.3, 0.4) is 0 Å². The molecular formula is C16H28N4. The van der Waals surface area contributed by atoms with E-state index in [1.165, 1.54) is 25.7 Å². The molecule has 1 saturated carbocycles. The molecule has 0 amide bonds. The Kier molecular flexibility index (Phi) is 5.00. The molecule has 2 rings (SSSR count). The summed E-state index contributed by atoms with van der Waals surface area (Å²) < 4.78 is 0. The minimum Gasteiger partial charge on any atom is -0.383 e. The maximum Gasteiger partial charge on any atom is 0.128 e. The molecule has 1 fully saturated rings. The van der Waals surface area contributed by atoms with Gasteiger partial charge in [0.15, 0.2) is 0 Å². The number of hydrogen-bond donors (Lipinski definition) is 2. The van der Waals surface area contributed by atoms with Gasteiger partial charge in [0, 0.05) is 17.3 Å². The van der Waals surface area contributed by atoms with Gasteiger partial charge >= 0.3 is 0 Å². The van der Waals surface area contributed by atoms with Gasteiger partial charge in [-0.1, -0.05) is 25.8 Å². The van der Waals surface area contributed by atoms with Gasteiger partial charge in [-0.2, -0.15) is 0 Å². The third kappa shape index (κ3) is 2.81. The van der Waals surface area contributed by atoms with Crippen molar-refractivity contribution >= 4 is 5.82 Å². The normalized spacial score (nSPS) is 19.4. The number of aromatic nitrogens is 1. The highest BCUT2D eigenvalue weighted by Crippen LogP contribution is 2.44. The van der Waals surface area contributed by atoms with Crippen LogP contribution in [0.25, 0.3) is 0 Å². The molecule has 1 aliphatic carbocycles. The fourth-order valence-corrected chi connectivity index (χ4v) is 3.53. The van der Waals surface area contributed by atoms with Gasteiger partial charge in [0.05, 0.1) is 6.04 Å². The quantitative estimate of drug-likeness (QED) is 0.838. The highest BCUT2D eigenvalue weighted by atomic mass is 15.2. The van der Waals surface area contributed by atoms with Crippen LogP contribution in [0.1, 0.15) is 50.6 Å². The average Bonchev–Trinajstić information content (AvgIpc) is 2.92. The first-order valence-corrected chi connectivity index (χ1v) is 7.73. The Bertz CT molecular complexity index is 424. The predicted octanol–water partition coefficient (Wildman–Crippen LogP) is 2.58. The Morgan fingerprint density at radius 2 is 2.10 bits per heavy atom. The van der Waals surface area contributed by atoms with Crippen LogP contribution in [0.4, 0.5) is 5.82 Å². The molecule has 1 aromatic heterocycles. The Hall–Kier alpha value is -1.13. The number of pyridine rings is 1. The largest absolute Gasteiger partial charge is 0.383 e. The summed E-state index contributed by atoms with van der Waals surface area (Å²) in [5.74, 6) is 0.661. The van der Waals surface area contributed by atoms with E-state index in [1.807, 2.05) is 6.07 Å². The van der Waals surface area contributed by atoms with E-state index in [0.29, 0.717) is 5.82 Å². The molecule has 4 heteroatoms. The van der Waals surface area contributed by atoms with E-state index in [9.17, 15) is 0 Å². The molecule has 0 aliphatic heterocycles. The predicted molar refractivity (Wildman–Crippen MR) is 84.6 cm³/mol. The van der Waals surface area contributed by atoms with Crippen LogP contribution in [0, 0.1) is 0 Å². The molecule has 0 spiro atoms. The lowest BCUT2D eigenvalue weighted by atomic mass is 9.82. The molecule has 0 bridgehead atoms. The number of nitrogens with two attached hydrogens (primary N) is 1. The summed E-state index contributed by atoms with van der Waals surface area (Å²) in [5.41, 5.74) is 7.46. The smallest absolute Gasteiger partial charge is 0.128 e. The molecule has 112 valence electrons. The first kappa shape index (κ1) is 15.3. The zero-order valence-electron chi connectivity index (χ0n) is 13.0. The lowest BCUT2D eigenvalue weighted by Gasteiger charge is -2.44. The highest BCUT2D eigenvalue weighted by Gasteiger charge is 2.44. The van der Waals surface area contributed by atoms with Gasteiger partial charge in [-0.25, -0.2) is 4.98 Å². The van der Waals surface area contributed by atoms with Crippen LogP contribution in [0.15, 0.2) is 18.3 Å². The minimum absolute atomic E-state index is 0.159. The Morgan fingerprint density at radius 1 is 1.40 bits per heavy atom. The molecule has 1 aromatic rings. The Balaban J connectivity index is 2.38. The summed E-state index contributed by atoms with van der Waals surface area (Å²) in [7, 11) is 4.39. The number of hydrogen-bond acceptors (Lipinski definition) is 4. The number of nitrogen functional groups attached to an aromatic ring is 1. The van der Waals surface area contributed by atoms with Crippen molar-refractivity contribution in [1.29, 1.82) is 0 Å². The summed E-state index contributed by atoms with van der Waals surface area (Å²) in [6, 6.07) is 4.37. The second kappa shape index (κ2) is 6.55. The number of likely N-dealkylation sites (N-methyl/N-ethyl adjacent to an activating group) is 1. The maximum atomic E-state index is 6.15. The number of anilines is 1. The lowest BCUT2D eigenvalue weighted by molar-refractivity contribution is 0.105. The third-order valence-corrected chi connectivity index (χ3v) is 4.68. The molecule has 1 heterocycles. The van der Waals surface area contributed by atoms with Gasteiger partial charge in [-0.05, 0) is 46.0 Å². The molecule has 20 heavy (non-hydrogen) atoms. The van der Waals surface area contributed by atoms with Crippen molar-refractivity contribution in [3.8, 4) is 0 Å². The summed E-state index contributed by atoms with van der Waals surface area (Å²) in [5, 5.41) is 3.73. The fraction of sp³-hybridized carbons (Fsp3) is 0.688. The maximum absolute atomic E-state index is 6.15. The molecule has 0 radical (unpaired) electrons. The van der Waals surface area contributed by atoms with Crippen LogP contribution in [0.5, 0.6) is 0 Å². The van der Waals surface area contributed by atoms with Gasteiger partial charge in [-0.3, -0.25) is 0 Å². The molecule has 1 aliphatic rings. The van der Waals surface area contributed by atoms with Crippen LogP contribution in [0.2, 0.25) is 0 Å². The van der Waals surface area contributed by atoms with E-state index in [1.54, 1.807) is 6.20 Å². The first-order valence-electron chi connectivity index (χ1n) is 7.73. The van der Waals surface area contributed by atoms with E-state index in [4.69, 9.17) is 5.73 Å². The van der Waals surface area contributed by atoms with Crippen LogP contribution < -0.4 is 11.1 Å². The second-order valence-corrected chi connectivity index (χ2v) is 6.07. The number of nitrogens with zero attached hydrogens (tertiary/aromatic N) is 2. The van der Waals surface area contributed by atoms with Crippen molar-refractivity contribution in [3.05, 3.63) is 23.9 Å². The monoisotopic (exact) mass is 276 g/mol. The number of rotatable bonds is 6. The van der Waals surface area contributed by atoms with Crippen molar-refractivity contribution in [2.24, 2.45) is 0 Å². The summed E-state index contributed by atoms with van der Waals surface area (Å²) in [6.07, 6.45) is 7.92. The summed E-state index contributed by atoms with van der Waals surface area (Å²) >= 11 is 0.